The number of Topliss-reactive ketones (excluding diaryl/α,β-unsaturated/α-hetero) is 1. The second kappa shape index (κ2) is 44.9. The molecule has 0 spiro atoms. The minimum Gasteiger partial charge on any atom is -0.515 e. The van der Waals surface area contributed by atoms with E-state index in [1.165, 1.54) is 113 Å². The lowest BCUT2D eigenvalue weighted by atomic mass is 9.83. The van der Waals surface area contributed by atoms with E-state index < -0.39 is 11.4 Å². The molecule has 516 valence electrons. The number of carboxylic acids is 1. The minimum atomic E-state index is -0.943. The Morgan fingerprint density at radius 2 is 1.29 bits per heavy atom. The molecule has 9 heterocycles. The average Bonchev–Trinajstić information content (AvgIpc) is 1.67. The first kappa shape index (κ1) is 86.2. The Labute approximate surface area is 582 Å². The number of ether oxygens (including phenoxy) is 5. The molecule has 0 aliphatic carbocycles. The number of aliphatic hydroxyl groups is 3. The van der Waals surface area contributed by atoms with E-state index in [1.54, 1.807) is 12.2 Å². The van der Waals surface area contributed by atoms with Gasteiger partial charge in [-0.1, -0.05) is 176 Å². The zero-order valence-corrected chi connectivity index (χ0v) is 62.0. The topological polar surface area (TPSA) is 332 Å². The number of ketones is 1. The van der Waals surface area contributed by atoms with Crippen LogP contribution < -0.4 is 0 Å². The largest absolute Gasteiger partial charge is 0.515 e. The minimum absolute atomic E-state index is 0.0423. The molecule has 4 unspecified atom stereocenters. The number of rotatable bonds is 15. The summed E-state index contributed by atoms with van der Waals surface area (Å²) in [5, 5.41) is 35.0. The van der Waals surface area contributed by atoms with Crippen molar-refractivity contribution in [1.29, 1.82) is 0 Å². The van der Waals surface area contributed by atoms with Gasteiger partial charge in [0, 0.05) is 50.4 Å². The van der Waals surface area contributed by atoms with E-state index in [0.717, 1.165) is 89.8 Å². The maximum atomic E-state index is 11.7. The average molecular weight is 1470 g/mol. The van der Waals surface area contributed by atoms with Crippen LogP contribution >= 0.6 is 106 Å². The Balaban J connectivity index is 0.000000526. The summed E-state index contributed by atoms with van der Waals surface area (Å²) in [7, 11) is 7.23. The van der Waals surface area contributed by atoms with Crippen molar-refractivity contribution >= 4 is 169 Å². The number of methoxy groups -OCH3 is 5. The highest BCUT2D eigenvalue weighted by Crippen LogP contribution is 2.46. The fourth-order valence-corrected chi connectivity index (χ4v) is 15.4. The van der Waals surface area contributed by atoms with Crippen LogP contribution in [0.1, 0.15) is 114 Å². The van der Waals surface area contributed by atoms with E-state index in [4.69, 9.17) is 29.9 Å². The second-order valence-electron chi connectivity index (χ2n) is 21.6. The number of carboxylic acid groups (broad SMARTS) is 1. The molecule has 1 saturated heterocycles. The van der Waals surface area contributed by atoms with E-state index in [1.807, 2.05) is 19.9 Å². The highest BCUT2D eigenvalue weighted by atomic mass is 32.2. The molecule has 21 nitrogen and oxygen atoms in total. The molecule has 0 bridgehead atoms. The molecular formula is C63H84O21S9. The third-order valence-corrected chi connectivity index (χ3v) is 21.7. The zero-order valence-electron chi connectivity index (χ0n) is 54.7. The van der Waals surface area contributed by atoms with Crippen molar-refractivity contribution in [3.05, 3.63) is 105 Å². The summed E-state index contributed by atoms with van der Waals surface area (Å²) < 4.78 is 23.6. The number of hydrogen-bond acceptors (Lipinski definition) is 29. The summed E-state index contributed by atoms with van der Waals surface area (Å²) >= 11 is 10.3. The van der Waals surface area contributed by atoms with Gasteiger partial charge >= 0.3 is 5.97 Å². The first-order chi connectivity index (χ1) is 43.7. The Kier molecular flexibility index (Phi) is 41.6. The predicted molar refractivity (Wildman–Crippen MR) is 377 cm³/mol. The summed E-state index contributed by atoms with van der Waals surface area (Å²) in [6.07, 6.45) is 17.1. The summed E-state index contributed by atoms with van der Waals surface area (Å²) in [5.74, 6) is 3.66. The Bertz CT molecular complexity index is 3010. The van der Waals surface area contributed by atoms with Gasteiger partial charge in [-0.05, 0) is 85.0 Å². The van der Waals surface area contributed by atoms with Crippen LogP contribution in [-0.2, 0) is 81.2 Å². The second-order valence-corrected chi connectivity index (χ2v) is 31.1. The maximum Gasteiger partial charge on any atom is 0.307 e. The Morgan fingerprint density at radius 3 is 1.62 bits per heavy atom. The van der Waals surface area contributed by atoms with E-state index in [0.29, 0.717) is 85.6 Å². The molecule has 9 rings (SSSR count). The van der Waals surface area contributed by atoms with Crippen LogP contribution in [0, 0.1) is 17.3 Å². The first-order valence-electron chi connectivity index (χ1n) is 28.8. The van der Waals surface area contributed by atoms with E-state index in [-0.39, 0.29) is 91.6 Å². The quantitative estimate of drug-likeness (QED) is 0.0672. The molecule has 30 heteroatoms. The fraction of sp³-hybridized carbons (Fsp3) is 0.524. The van der Waals surface area contributed by atoms with Crippen molar-refractivity contribution in [3.63, 3.8) is 0 Å². The lowest BCUT2D eigenvalue weighted by Crippen LogP contribution is -2.24. The monoisotopic (exact) mass is 1460 g/mol. The SMILES string of the molecule is CC(C)CCCC1C=CC(=O)S1.CC1=C(CC(C)C)C(C(C)(C)C)SC1=O.CCC1=CC(CC)SC1=O.COC1=C(O)C(=O)SC1.COC1=C(OC)C(=O)SC1.COC1=CC(=O)SC1=O.COC1=CC(=O)SC1O.O=C(O)CC1=CCSC1=O.O=C1CSC(=O)C1=CO. The molecule has 9 aliphatic rings. The molecule has 0 saturated carbocycles. The smallest absolute Gasteiger partial charge is 0.307 e. The van der Waals surface area contributed by atoms with Crippen molar-refractivity contribution in [2.75, 3.05) is 58.6 Å². The van der Waals surface area contributed by atoms with E-state index >= 15 is 0 Å². The van der Waals surface area contributed by atoms with Gasteiger partial charge in [-0.3, -0.25) is 57.5 Å². The molecule has 0 aromatic heterocycles. The van der Waals surface area contributed by atoms with Gasteiger partial charge in [-0.15, -0.1) is 0 Å². The zero-order chi connectivity index (χ0) is 70.9. The van der Waals surface area contributed by atoms with E-state index in [9.17, 15) is 57.5 Å². The Hall–Kier alpha value is -4.79. The van der Waals surface area contributed by atoms with Gasteiger partial charge in [-0.2, -0.15) is 0 Å². The fourth-order valence-electron chi connectivity index (χ4n) is 7.81. The van der Waals surface area contributed by atoms with Crippen molar-refractivity contribution in [1.82, 2.24) is 0 Å². The van der Waals surface area contributed by atoms with Crippen LogP contribution in [0.25, 0.3) is 0 Å². The van der Waals surface area contributed by atoms with Crippen molar-refractivity contribution in [3.8, 4) is 0 Å². The van der Waals surface area contributed by atoms with Crippen LogP contribution in [0.15, 0.2) is 105 Å². The first-order valence-corrected chi connectivity index (χ1v) is 37.1. The van der Waals surface area contributed by atoms with Gasteiger partial charge in [-0.25, -0.2) is 0 Å². The molecule has 93 heavy (non-hydrogen) atoms. The molecule has 0 aromatic rings. The molecule has 4 atom stereocenters. The van der Waals surface area contributed by atoms with Gasteiger partial charge in [0.1, 0.15) is 11.3 Å². The lowest BCUT2D eigenvalue weighted by molar-refractivity contribution is -0.136. The third-order valence-electron chi connectivity index (χ3n) is 12.6. The van der Waals surface area contributed by atoms with Gasteiger partial charge in [0.05, 0.1) is 65.5 Å². The third kappa shape index (κ3) is 31.8. The molecular weight excluding hydrogens is 1380 g/mol. The van der Waals surface area contributed by atoms with Crippen molar-refractivity contribution in [2.24, 2.45) is 17.3 Å². The summed E-state index contributed by atoms with van der Waals surface area (Å²) in [6, 6.07) is 0. The summed E-state index contributed by atoms with van der Waals surface area (Å²) in [4.78, 5) is 128. The van der Waals surface area contributed by atoms with Crippen LogP contribution in [0.2, 0.25) is 0 Å². The maximum absolute atomic E-state index is 11.7. The van der Waals surface area contributed by atoms with Crippen molar-refractivity contribution in [2.45, 2.75) is 135 Å². The van der Waals surface area contributed by atoms with Gasteiger partial charge in [0.15, 0.2) is 28.5 Å². The highest BCUT2D eigenvalue weighted by Gasteiger charge is 2.38. The summed E-state index contributed by atoms with van der Waals surface area (Å²) in [5.41, 5.74) is 3.14. The summed E-state index contributed by atoms with van der Waals surface area (Å²) in [6.45, 7) is 21.7. The number of thioether (sulfide) groups is 9. The van der Waals surface area contributed by atoms with Crippen molar-refractivity contribution < 1.29 is 102 Å². The normalized spacial score (nSPS) is 21.6. The van der Waals surface area contributed by atoms with Crippen LogP contribution in [0.5, 0.6) is 0 Å². The Morgan fingerprint density at radius 1 is 0.667 bits per heavy atom. The highest BCUT2D eigenvalue weighted by molar-refractivity contribution is 8.27. The van der Waals surface area contributed by atoms with Gasteiger partial charge in [0.25, 0.3) is 15.3 Å². The molecule has 0 radical (unpaired) electrons. The number of aliphatic carboxylic acids is 1. The number of carbonyl (C=O) groups is 12. The number of aliphatic hydroxyl groups excluding tert-OH is 3. The predicted octanol–water partition coefficient (Wildman–Crippen LogP) is 12.2. The molecule has 0 amide bonds. The van der Waals surface area contributed by atoms with Crippen LogP contribution in [-0.4, -0.2) is 163 Å². The van der Waals surface area contributed by atoms with E-state index in [2.05, 4.69) is 75.7 Å². The molecule has 9 aliphatic heterocycles. The van der Waals surface area contributed by atoms with Crippen LogP contribution in [0.4, 0.5) is 0 Å². The van der Waals surface area contributed by atoms with Gasteiger partial charge < -0.3 is 44.1 Å². The van der Waals surface area contributed by atoms with Crippen LogP contribution in [0.3, 0.4) is 0 Å². The van der Waals surface area contributed by atoms with Gasteiger partial charge in [0.2, 0.25) is 47.3 Å². The lowest BCUT2D eigenvalue weighted by Gasteiger charge is -2.29. The number of carbonyl (C=O) groups excluding carboxylic acids is 11. The molecule has 0 aromatic carbocycles. The standard InChI is InChI=1S/C13H22OS.C10H16OS.C8H12OS.C6H8O3S.C6H6O3S.2C5H6O3S.2C5H4O3S/c1-8(2)7-10-9(3)12(14)15-11(10)13(4,5)6;1-8(2)4-3-5-9-6-7-10(11)12-9;1-3-6-5-7(4-2)10-8(6)9;1-8-4-3-10-6(7)5(4)9-2;7-5(8)3-4-1-2-10-6(4)9;1-8-3-2-9-5(7)4(3)6;2*1-8-3-2-4(6)9-5(3)7;6-1-3-4(7)2-9-5(3)8/h8,11H,7H2,1-6H3;6-9H,3-5H2,1-2H3;5,7H,3-4H2,1-2H3;3H2,1-2H3;1H,2-3H2,(H,7,8);6H,2H2,1H3;2,5,7H,1H3;2H,1H3;1,6H,2H2. The molecule has 1 fully saturated rings. The molecule has 4 N–H and O–H groups in total. The number of hydrogen-bond donors (Lipinski definition) is 4.